The molecule has 1 fully saturated rings. The molecule has 29 heavy (non-hydrogen) atoms. The molecule has 1 amide bonds. The Labute approximate surface area is 178 Å². The van der Waals surface area contributed by atoms with Crippen molar-refractivity contribution >= 4 is 32.7 Å². The summed E-state index contributed by atoms with van der Waals surface area (Å²) in [7, 11) is 1.64. The standard InChI is InChI=1S/C23H23BrN2O3/c1-14-12-26(13-15(2)29-14)23(27)20-11-22(16-4-7-18(28-3)8-5-16)25-21-9-6-17(24)10-19(20)21/h4-11,14-15H,12-13H2,1-3H3. The Kier molecular flexibility index (Phi) is 5.56. The number of hydrogen-bond acceptors (Lipinski definition) is 4. The summed E-state index contributed by atoms with van der Waals surface area (Å²) in [4.78, 5) is 20.2. The molecule has 0 spiro atoms. The number of pyridine rings is 1. The van der Waals surface area contributed by atoms with Crippen LogP contribution in [0, 0.1) is 0 Å². The number of aromatic nitrogens is 1. The van der Waals surface area contributed by atoms with E-state index in [1.807, 2.05) is 67.3 Å². The number of carbonyl (C=O) groups is 1. The number of fused-ring (bicyclic) bond motifs is 1. The van der Waals surface area contributed by atoms with Crippen LogP contribution in [-0.2, 0) is 4.74 Å². The lowest BCUT2D eigenvalue weighted by Crippen LogP contribution is -2.48. The lowest BCUT2D eigenvalue weighted by Gasteiger charge is -2.35. The first-order valence-electron chi connectivity index (χ1n) is 9.64. The first kappa shape index (κ1) is 19.9. The van der Waals surface area contributed by atoms with Gasteiger partial charge in [-0.05, 0) is 62.4 Å². The summed E-state index contributed by atoms with van der Waals surface area (Å²) in [6.45, 7) is 5.16. The van der Waals surface area contributed by atoms with Gasteiger partial charge in [-0.3, -0.25) is 4.79 Å². The van der Waals surface area contributed by atoms with Crippen molar-refractivity contribution in [1.29, 1.82) is 0 Å². The molecule has 2 atom stereocenters. The van der Waals surface area contributed by atoms with Crippen LogP contribution in [0.5, 0.6) is 5.75 Å². The van der Waals surface area contributed by atoms with Crippen molar-refractivity contribution in [1.82, 2.24) is 9.88 Å². The van der Waals surface area contributed by atoms with Crippen LogP contribution in [0.1, 0.15) is 24.2 Å². The van der Waals surface area contributed by atoms with Gasteiger partial charge in [0.05, 0.1) is 36.1 Å². The number of carbonyl (C=O) groups excluding carboxylic acids is 1. The molecule has 0 N–H and O–H groups in total. The zero-order chi connectivity index (χ0) is 20.5. The quantitative estimate of drug-likeness (QED) is 0.563. The fraction of sp³-hybridized carbons (Fsp3) is 0.304. The van der Waals surface area contributed by atoms with E-state index in [1.54, 1.807) is 7.11 Å². The van der Waals surface area contributed by atoms with Gasteiger partial charge in [0, 0.05) is 28.5 Å². The minimum Gasteiger partial charge on any atom is -0.497 e. The van der Waals surface area contributed by atoms with Crippen molar-refractivity contribution in [2.75, 3.05) is 20.2 Å². The summed E-state index contributed by atoms with van der Waals surface area (Å²) >= 11 is 3.52. The Morgan fingerprint density at radius 3 is 2.45 bits per heavy atom. The van der Waals surface area contributed by atoms with E-state index in [4.69, 9.17) is 14.5 Å². The molecule has 5 nitrogen and oxygen atoms in total. The molecule has 1 saturated heterocycles. The van der Waals surface area contributed by atoms with E-state index in [1.165, 1.54) is 0 Å². The summed E-state index contributed by atoms with van der Waals surface area (Å²) in [5.41, 5.74) is 3.15. The van der Waals surface area contributed by atoms with Gasteiger partial charge >= 0.3 is 0 Å². The molecular formula is C23H23BrN2O3. The summed E-state index contributed by atoms with van der Waals surface area (Å²) < 4.78 is 12.0. The molecule has 1 aliphatic rings. The largest absolute Gasteiger partial charge is 0.497 e. The molecular weight excluding hydrogens is 432 g/mol. The molecule has 2 unspecified atom stereocenters. The Balaban J connectivity index is 1.82. The molecule has 6 heteroatoms. The molecule has 3 aromatic rings. The first-order valence-corrected chi connectivity index (χ1v) is 10.4. The Hall–Kier alpha value is -2.44. The van der Waals surface area contributed by atoms with Gasteiger partial charge < -0.3 is 14.4 Å². The van der Waals surface area contributed by atoms with Crippen molar-refractivity contribution in [2.45, 2.75) is 26.1 Å². The minimum absolute atomic E-state index is 0.00672. The monoisotopic (exact) mass is 454 g/mol. The number of amides is 1. The molecule has 0 aliphatic carbocycles. The normalized spacial score (nSPS) is 19.4. The van der Waals surface area contributed by atoms with Crippen LogP contribution in [0.4, 0.5) is 0 Å². The number of rotatable bonds is 3. The lowest BCUT2D eigenvalue weighted by atomic mass is 10.0. The van der Waals surface area contributed by atoms with Crippen LogP contribution in [0.25, 0.3) is 22.2 Å². The van der Waals surface area contributed by atoms with E-state index in [-0.39, 0.29) is 18.1 Å². The molecule has 2 heterocycles. The summed E-state index contributed by atoms with van der Waals surface area (Å²) in [6, 6.07) is 15.4. The van der Waals surface area contributed by atoms with Gasteiger partial charge in [-0.25, -0.2) is 4.98 Å². The van der Waals surface area contributed by atoms with Crippen molar-refractivity contribution in [2.24, 2.45) is 0 Å². The second-order valence-electron chi connectivity index (χ2n) is 7.41. The second kappa shape index (κ2) is 8.13. The zero-order valence-corrected chi connectivity index (χ0v) is 18.3. The smallest absolute Gasteiger partial charge is 0.254 e. The fourth-order valence-electron chi connectivity index (χ4n) is 3.80. The lowest BCUT2D eigenvalue weighted by molar-refractivity contribution is -0.0585. The number of nitrogens with zero attached hydrogens (tertiary/aromatic N) is 2. The van der Waals surface area contributed by atoms with Gasteiger partial charge in [0.2, 0.25) is 0 Å². The third-order valence-electron chi connectivity index (χ3n) is 5.09. The topological polar surface area (TPSA) is 51.7 Å². The van der Waals surface area contributed by atoms with Crippen LogP contribution in [0.15, 0.2) is 53.0 Å². The van der Waals surface area contributed by atoms with Crippen molar-refractivity contribution in [3.8, 4) is 17.0 Å². The van der Waals surface area contributed by atoms with Gasteiger partial charge in [-0.1, -0.05) is 15.9 Å². The van der Waals surface area contributed by atoms with Crippen LogP contribution < -0.4 is 4.74 Å². The predicted molar refractivity (Wildman–Crippen MR) is 117 cm³/mol. The van der Waals surface area contributed by atoms with Crippen molar-refractivity contribution in [3.63, 3.8) is 0 Å². The maximum Gasteiger partial charge on any atom is 0.254 e. The summed E-state index contributed by atoms with van der Waals surface area (Å²) in [6.07, 6.45) is 0.0344. The van der Waals surface area contributed by atoms with Gasteiger partial charge in [-0.15, -0.1) is 0 Å². The number of ether oxygens (including phenoxy) is 2. The molecule has 1 aliphatic heterocycles. The highest BCUT2D eigenvalue weighted by molar-refractivity contribution is 9.10. The fourth-order valence-corrected chi connectivity index (χ4v) is 4.16. The minimum atomic E-state index is 0.00672. The number of benzene rings is 2. The van der Waals surface area contributed by atoms with Crippen LogP contribution in [-0.4, -0.2) is 48.2 Å². The molecule has 4 rings (SSSR count). The molecule has 0 saturated carbocycles. The molecule has 0 bridgehead atoms. The maximum absolute atomic E-state index is 13.5. The average Bonchev–Trinajstić information content (AvgIpc) is 2.72. The van der Waals surface area contributed by atoms with E-state index in [0.29, 0.717) is 18.7 Å². The number of hydrogen-bond donors (Lipinski definition) is 0. The molecule has 1 aromatic heterocycles. The Morgan fingerprint density at radius 1 is 1.10 bits per heavy atom. The van der Waals surface area contributed by atoms with Crippen LogP contribution in [0.2, 0.25) is 0 Å². The third kappa shape index (κ3) is 4.14. The predicted octanol–water partition coefficient (Wildman–Crippen LogP) is 4.92. The third-order valence-corrected chi connectivity index (χ3v) is 5.59. The van der Waals surface area contributed by atoms with Crippen LogP contribution in [0.3, 0.4) is 0 Å². The highest BCUT2D eigenvalue weighted by atomic mass is 79.9. The van der Waals surface area contributed by atoms with E-state index < -0.39 is 0 Å². The van der Waals surface area contributed by atoms with Crippen molar-refractivity contribution < 1.29 is 14.3 Å². The highest BCUT2D eigenvalue weighted by Crippen LogP contribution is 2.29. The van der Waals surface area contributed by atoms with E-state index >= 15 is 0 Å². The number of halogens is 1. The van der Waals surface area contributed by atoms with E-state index in [2.05, 4.69) is 15.9 Å². The number of methoxy groups -OCH3 is 1. The first-order chi connectivity index (χ1) is 13.9. The summed E-state index contributed by atoms with van der Waals surface area (Å²) in [5.74, 6) is 0.790. The van der Waals surface area contributed by atoms with E-state index in [0.717, 1.165) is 32.4 Å². The van der Waals surface area contributed by atoms with Gasteiger partial charge in [0.25, 0.3) is 5.91 Å². The average molecular weight is 455 g/mol. The molecule has 2 aromatic carbocycles. The second-order valence-corrected chi connectivity index (χ2v) is 8.33. The molecule has 0 radical (unpaired) electrons. The van der Waals surface area contributed by atoms with Crippen LogP contribution >= 0.6 is 15.9 Å². The highest BCUT2D eigenvalue weighted by Gasteiger charge is 2.28. The molecule has 150 valence electrons. The zero-order valence-electron chi connectivity index (χ0n) is 16.7. The van der Waals surface area contributed by atoms with Gasteiger partial charge in [0.15, 0.2) is 0 Å². The maximum atomic E-state index is 13.5. The Morgan fingerprint density at radius 2 is 1.79 bits per heavy atom. The van der Waals surface area contributed by atoms with Gasteiger partial charge in [0.1, 0.15) is 5.75 Å². The van der Waals surface area contributed by atoms with E-state index in [9.17, 15) is 4.79 Å². The Bertz CT molecular complexity index is 1040. The number of morpholine rings is 1. The van der Waals surface area contributed by atoms with Crippen molar-refractivity contribution in [3.05, 3.63) is 58.6 Å². The SMILES string of the molecule is COc1ccc(-c2cc(C(=O)N3CC(C)OC(C)C3)c3cc(Br)ccc3n2)cc1. The van der Waals surface area contributed by atoms with Gasteiger partial charge in [-0.2, -0.15) is 0 Å². The summed E-state index contributed by atoms with van der Waals surface area (Å²) in [5, 5.41) is 0.841.